The summed E-state index contributed by atoms with van der Waals surface area (Å²) < 4.78 is 11.5. The molecule has 1 unspecified atom stereocenters. The van der Waals surface area contributed by atoms with Gasteiger partial charge in [0.15, 0.2) is 0 Å². The van der Waals surface area contributed by atoms with E-state index in [1.807, 2.05) is 45.0 Å². The zero-order valence-electron chi connectivity index (χ0n) is 20.2. The van der Waals surface area contributed by atoms with Gasteiger partial charge in [0, 0.05) is 11.9 Å². The molecule has 1 aromatic heterocycles. The average molecular weight is 480 g/mol. The number of methoxy groups -OCH3 is 1. The van der Waals surface area contributed by atoms with Gasteiger partial charge in [0.2, 0.25) is 0 Å². The molecular formula is C25H29N5O5. The minimum Gasteiger partial charge on any atom is -0.451 e. The highest BCUT2D eigenvalue weighted by atomic mass is 16.6. The quantitative estimate of drug-likeness (QED) is 0.570. The lowest BCUT2D eigenvalue weighted by atomic mass is 9.96. The highest BCUT2D eigenvalue weighted by molar-refractivity contribution is 6.02. The van der Waals surface area contributed by atoms with Crippen LogP contribution >= 0.6 is 0 Å². The second-order valence-electron chi connectivity index (χ2n) is 9.27. The fourth-order valence-corrected chi connectivity index (χ4v) is 4.13. The van der Waals surface area contributed by atoms with Gasteiger partial charge >= 0.3 is 18.2 Å². The third-order valence-electron chi connectivity index (χ3n) is 5.66. The van der Waals surface area contributed by atoms with E-state index in [0.717, 1.165) is 22.4 Å². The topological polar surface area (TPSA) is 115 Å². The third kappa shape index (κ3) is 5.21. The van der Waals surface area contributed by atoms with Crippen LogP contribution in [0.1, 0.15) is 32.8 Å². The van der Waals surface area contributed by atoms with Crippen LogP contribution in [0.5, 0.6) is 0 Å². The lowest BCUT2D eigenvalue weighted by Gasteiger charge is -2.38. The van der Waals surface area contributed by atoms with Gasteiger partial charge in [-0.2, -0.15) is 9.78 Å². The second-order valence-corrected chi connectivity index (χ2v) is 9.27. The summed E-state index contributed by atoms with van der Waals surface area (Å²) in [5.41, 5.74) is 2.21. The van der Waals surface area contributed by atoms with Gasteiger partial charge < -0.3 is 20.1 Å². The Balaban J connectivity index is 1.48. The van der Waals surface area contributed by atoms with Crippen molar-refractivity contribution in [2.75, 3.05) is 23.9 Å². The number of carbonyl (C=O) groups excluding carboxylic acids is 3. The number of hydrogen-bond donors (Lipinski definition) is 2. The maximum Gasteiger partial charge on any atom is 0.434 e. The Morgan fingerprint density at radius 2 is 1.86 bits per heavy atom. The average Bonchev–Trinajstić information content (AvgIpc) is 3.26. The number of ether oxygens (including phenoxy) is 2. The number of aromatic nitrogens is 2. The van der Waals surface area contributed by atoms with Crippen molar-refractivity contribution in [3.63, 3.8) is 0 Å². The molecule has 0 radical (unpaired) electrons. The maximum atomic E-state index is 13.1. The molecule has 2 aromatic carbocycles. The fraction of sp³-hybridized carbons (Fsp3) is 0.360. The van der Waals surface area contributed by atoms with Crippen molar-refractivity contribution in [1.82, 2.24) is 15.1 Å². The number of hydrogen-bond acceptors (Lipinski definition) is 6. The second kappa shape index (κ2) is 9.65. The molecule has 35 heavy (non-hydrogen) atoms. The van der Waals surface area contributed by atoms with Crippen LogP contribution in [0.15, 0.2) is 48.7 Å². The predicted molar refractivity (Wildman–Crippen MR) is 132 cm³/mol. The zero-order valence-corrected chi connectivity index (χ0v) is 20.2. The minimum atomic E-state index is -0.647. The number of amides is 3. The molecule has 2 heterocycles. The van der Waals surface area contributed by atoms with Crippen LogP contribution in [0.4, 0.5) is 25.8 Å². The Morgan fingerprint density at radius 3 is 2.60 bits per heavy atom. The largest absolute Gasteiger partial charge is 0.451 e. The SMILES string of the molecule is COC(=O)n1ncc2c(NC(=O)NCC3CCc4ccccc4N3C(=O)OC(C)(C)C)cccc21. The molecule has 0 spiro atoms. The molecule has 4 rings (SSSR count). The normalized spacial score (nSPS) is 15.3. The highest BCUT2D eigenvalue weighted by Crippen LogP contribution is 2.32. The molecular weight excluding hydrogens is 450 g/mol. The summed E-state index contributed by atoms with van der Waals surface area (Å²) in [6.07, 6.45) is 1.88. The molecule has 1 atom stereocenters. The van der Waals surface area contributed by atoms with Crippen molar-refractivity contribution in [3.05, 3.63) is 54.2 Å². The van der Waals surface area contributed by atoms with Gasteiger partial charge in [0.25, 0.3) is 0 Å². The minimum absolute atomic E-state index is 0.233. The molecule has 3 amide bonds. The Labute approximate surface area is 203 Å². The van der Waals surface area contributed by atoms with E-state index in [4.69, 9.17) is 9.47 Å². The standard InChI is InChI=1S/C25H29N5O5/c1-25(2,3)35-23(32)29-17(13-12-16-8-5-6-10-20(16)29)14-26-22(31)28-19-9-7-11-21-18(19)15-27-30(21)24(33)34-4/h5-11,15,17H,12-14H2,1-4H3,(H2,26,28,31). The van der Waals surface area contributed by atoms with Gasteiger partial charge in [-0.15, -0.1) is 0 Å². The van der Waals surface area contributed by atoms with Crippen molar-refractivity contribution >= 4 is 40.5 Å². The van der Waals surface area contributed by atoms with E-state index in [1.54, 1.807) is 23.1 Å². The van der Waals surface area contributed by atoms with E-state index in [9.17, 15) is 14.4 Å². The van der Waals surface area contributed by atoms with Crippen molar-refractivity contribution in [1.29, 1.82) is 0 Å². The molecule has 0 fully saturated rings. The van der Waals surface area contributed by atoms with Crippen LogP contribution in [-0.4, -0.2) is 53.3 Å². The van der Waals surface area contributed by atoms with Crippen LogP contribution < -0.4 is 15.5 Å². The number of fused-ring (bicyclic) bond motifs is 2. The van der Waals surface area contributed by atoms with Crippen LogP contribution in [0, 0.1) is 0 Å². The van der Waals surface area contributed by atoms with E-state index in [1.165, 1.54) is 13.3 Å². The first-order chi connectivity index (χ1) is 16.7. The van der Waals surface area contributed by atoms with Gasteiger partial charge in [-0.3, -0.25) is 4.90 Å². The molecule has 10 nitrogen and oxygen atoms in total. The molecule has 2 N–H and O–H groups in total. The van der Waals surface area contributed by atoms with Crippen molar-refractivity contribution < 1.29 is 23.9 Å². The van der Waals surface area contributed by atoms with Gasteiger partial charge in [0.05, 0.1) is 36.2 Å². The van der Waals surface area contributed by atoms with E-state index in [2.05, 4.69) is 15.7 Å². The van der Waals surface area contributed by atoms with E-state index in [-0.39, 0.29) is 12.6 Å². The van der Waals surface area contributed by atoms with Gasteiger partial charge in [-0.25, -0.2) is 14.4 Å². The lowest BCUT2D eigenvalue weighted by Crippen LogP contribution is -2.51. The van der Waals surface area contributed by atoms with Crippen LogP contribution in [0.25, 0.3) is 10.9 Å². The van der Waals surface area contributed by atoms with E-state index < -0.39 is 23.8 Å². The summed E-state index contributed by atoms with van der Waals surface area (Å²) in [7, 11) is 1.27. The van der Waals surface area contributed by atoms with Crippen molar-refractivity contribution in [2.45, 2.75) is 45.3 Å². The maximum absolute atomic E-state index is 13.1. The molecule has 0 saturated carbocycles. The molecule has 184 valence electrons. The van der Waals surface area contributed by atoms with Gasteiger partial charge in [-0.05, 0) is 57.4 Å². The number of para-hydroxylation sites is 1. The molecule has 0 aliphatic carbocycles. The Bertz CT molecular complexity index is 1260. The zero-order chi connectivity index (χ0) is 25.2. The summed E-state index contributed by atoms with van der Waals surface area (Å²) in [6, 6.07) is 12.1. The third-order valence-corrected chi connectivity index (χ3v) is 5.66. The first kappa shape index (κ1) is 24.1. The van der Waals surface area contributed by atoms with E-state index >= 15 is 0 Å². The highest BCUT2D eigenvalue weighted by Gasteiger charge is 2.34. The molecule has 0 bridgehead atoms. The predicted octanol–water partition coefficient (Wildman–Crippen LogP) is 4.53. The molecule has 10 heteroatoms. The summed E-state index contributed by atoms with van der Waals surface area (Å²) in [6.45, 7) is 5.70. The Morgan fingerprint density at radius 1 is 1.09 bits per heavy atom. The summed E-state index contributed by atoms with van der Waals surface area (Å²) >= 11 is 0. The van der Waals surface area contributed by atoms with Crippen molar-refractivity contribution in [2.24, 2.45) is 0 Å². The van der Waals surface area contributed by atoms with Crippen molar-refractivity contribution in [3.8, 4) is 0 Å². The number of nitrogens with zero attached hydrogens (tertiary/aromatic N) is 3. The van der Waals surface area contributed by atoms with E-state index in [0.29, 0.717) is 23.0 Å². The van der Waals surface area contributed by atoms with Gasteiger partial charge in [-0.1, -0.05) is 24.3 Å². The summed E-state index contributed by atoms with van der Waals surface area (Å²) in [5, 5.41) is 10.3. The smallest absolute Gasteiger partial charge is 0.434 e. The fourth-order valence-electron chi connectivity index (χ4n) is 4.13. The lowest BCUT2D eigenvalue weighted by molar-refractivity contribution is 0.0560. The monoisotopic (exact) mass is 479 g/mol. The number of anilines is 2. The van der Waals surface area contributed by atoms with Crippen LogP contribution in [-0.2, 0) is 15.9 Å². The number of rotatable bonds is 3. The summed E-state index contributed by atoms with van der Waals surface area (Å²) in [4.78, 5) is 39.4. The van der Waals surface area contributed by atoms with Crippen LogP contribution in [0.3, 0.4) is 0 Å². The molecule has 3 aromatic rings. The van der Waals surface area contributed by atoms with Crippen LogP contribution in [0.2, 0.25) is 0 Å². The number of benzene rings is 2. The Hall–Kier alpha value is -4.08. The first-order valence-corrected chi connectivity index (χ1v) is 11.4. The molecule has 0 saturated heterocycles. The first-order valence-electron chi connectivity index (χ1n) is 11.4. The van der Waals surface area contributed by atoms with Gasteiger partial charge in [0.1, 0.15) is 5.60 Å². The Kier molecular flexibility index (Phi) is 6.63. The number of carbonyl (C=O) groups is 3. The number of aryl methyl sites for hydroxylation is 1. The number of urea groups is 1. The summed E-state index contributed by atoms with van der Waals surface area (Å²) in [5.74, 6) is 0. The number of nitrogens with one attached hydrogen (secondary N) is 2. The molecule has 1 aliphatic rings. The molecule has 1 aliphatic heterocycles.